The van der Waals surface area contributed by atoms with Crippen LogP contribution >= 0.6 is 0 Å². The Morgan fingerprint density at radius 1 is 1.45 bits per heavy atom. The van der Waals surface area contributed by atoms with Crippen molar-refractivity contribution in [1.29, 1.82) is 0 Å². The summed E-state index contributed by atoms with van der Waals surface area (Å²) in [5, 5.41) is 12.9. The predicted octanol–water partition coefficient (Wildman–Crippen LogP) is 1.62. The molecule has 1 aliphatic rings. The maximum atomic E-state index is 13.9. The highest BCUT2D eigenvalue weighted by molar-refractivity contribution is 7.90. The van der Waals surface area contributed by atoms with Gasteiger partial charge in [0.05, 0.1) is 0 Å². The maximum absolute atomic E-state index is 13.9. The molecule has 4 nitrogen and oxygen atoms in total. The minimum atomic E-state index is -4.06. The molecule has 0 spiro atoms. The molecule has 1 aliphatic heterocycles. The average molecular weight is 305 g/mol. The lowest BCUT2D eigenvalue weighted by molar-refractivity contribution is 0.360. The van der Waals surface area contributed by atoms with Crippen molar-refractivity contribution in [2.24, 2.45) is 5.92 Å². The van der Waals surface area contributed by atoms with E-state index in [0.29, 0.717) is 12.7 Å². The van der Waals surface area contributed by atoms with E-state index in [1.807, 2.05) is 0 Å². The number of halogens is 2. The zero-order valence-corrected chi connectivity index (χ0v) is 11.9. The standard InChI is InChI=1S/C13H17F2NO3S/c1-20(18,19)13-10(14)6-9(12(17)11(13)15)5-8-3-2-4-16-7-8/h6,8,16-17H,2-5,7H2,1H3. The van der Waals surface area contributed by atoms with E-state index in [1.165, 1.54) is 0 Å². The number of hydrogen-bond acceptors (Lipinski definition) is 4. The lowest BCUT2D eigenvalue weighted by atomic mass is 9.92. The van der Waals surface area contributed by atoms with Crippen LogP contribution in [0.5, 0.6) is 5.75 Å². The molecule has 1 aromatic rings. The molecule has 1 heterocycles. The molecule has 2 rings (SSSR count). The van der Waals surface area contributed by atoms with Gasteiger partial charge in [-0.1, -0.05) is 0 Å². The predicted molar refractivity (Wildman–Crippen MR) is 70.4 cm³/mol. The van der Waals surface area contributed by atoms with Gasteiger partial charge >= 0.3 is 0 Å². The van der Waals surface area contributed by atoms with Crippen LogP contribution < -0.4 is 5.32 Å². The Kier molecular flexibility index (Phi) is 4.29. The highest BCUT2D eigenvalue weighted by Crippen LogP contribution is 2.32. The molecule has 7 heteroatoms. The third kappa shape index (κ3) is 3.09. The molecule has 0 bridgehead atoms. The van der Waals surface area contributed by atoms with E-state index >= 15 is 0 Å². The van der Waals surface area contributed by atoms with Crippen molar-refractivity contribution < 1.29 is 22.3 Å². The highest BCUT2D eigenvalue weighted by atomic mass is 32.2. The van der Waals surface area contributed by atoms with Gasteiger partial charge < -0.3 is 10.4 Å². The molecular formula is C13H17F2NO3S. The number of phenolic OH excluding ortho intramolecular Hbond substituents is 1. The molecule has 0 amide bonds. The Balaban J connectivity index is 2.36. The lowest BCUT2D eigenvalue weighted by Crippen LogP contribution is -2.30. The number of phenols is 1. The molecular weight excluding hydrogens is 288 g/mol. The van der Waals surface area contributed by atoms with Crippen LogP contribution in [0.15, 0.2) is 11.0 Å². The smallest absolute Gasteiger partial charge is 0.186 e. The van der Waals surface area contributed by atoms with Crippen LogP contribution in [0.25, 0.3) is 0 Å². The van der Waals surface area contributed by atoms with E-state index in [2.05, 4.69) is 5.32 Å². The Hall–Kier alpha value is -1.21. The van der Waals surface area contributed by atoms with Crippen LogP contribution in [-0.4, -0.2) is 32.9 Å². The molecule has 1 saturated heterocycles. The van der Waals surface area contributed by atoms with Crippen molar-refractivity contribution in [3.8, 4) is 5.75 Å². The van der Waals surface area contributed by atoms with Gasteiger partial charge in [-0.3, -0.25) is 0 Å². The average Bonchev–Trinajstić information content (AvgIpc) is 2.35. The number of hydrogen-bond donors (Lipinski definition) is 2. The molecule has 20 heavy (non-hydrogen) atoms. The van der Waals surface area contributed by atoms with Crippen molar-refractivity contribution in [2.45, 2.75) is 24.2 Å². The van der Waals surface area contributed by atoms with Gasteiger partial charge in [0.1, 0.15) is 10.7 Å². The Bertz CT molecular complexity index is 611. The minimum absolute atomic E-state index is 0.112. The van der Waals surface area contributed by atoms with Crippen LogP contribution in [0.1, 0.15) is 18.4 Å². The van der Waals surface area contributed by atoms with E-state index in [9.17, 15) is 22.3 Å². The second-order valence-corrected chi connectivity index (χ2v) is 7.15. The summed E-state index contributed by atoms with van der Waals surface area (Å²) in [6.07, 6.45) is 2.90. The summed E-state index contributed by atoms with van der Waals surface area (Å²) in [5.41, 5.74) is 0.112. The minimum Gasteiger partial charge on any atom is -0.505 e. The zero-order chi connectivity index (χ0) is 14.9. The number of benzene rings is 1. The topological polar surface area (TPSA) is 66.4 Å². The number of aromatic hydroxyl groups is 1. The summed E-state index contributed by atoms with van der Waals surface area (Å²) < 4.78 is 50.3. The van der Waals surface area contributed by atoms with Gasteiger partial charge in [-0.25, -0.2) is 17.2 Å². The second-order valence-electron chi connectivity index (χ2n) is 5.20. The van der Waals surface area contributed by atoms with E-state index in [-0.39, 0.29) is 11.5 Å². The maximum Gasteiger partial charge on any atom is 0.186 e. The van der Waals surface area contributed by atoms with Crippen molar-refractivity contribution >= 4 is 9.84 Å². The highest BCUT2D eigenvalue weighted by Gasteiger charge is 2.26. The van der Waals surface area contributed by atoms with Crippen molar-refractivity contribution in [3.63, 3.8) is 0 Å². The number of sulfone groups is 1. The van der Waals surface area contributed by atoms with Gasteiger partial charge in [-0.2, -0.15) is 0 Å². The molecule has 1 atom stereocenters. The monoisotopic (exact) mass is 305 g/mol. The fourth-order valence-corrected chi connectivity index (χ4v) is 3.38. The SMILES string of the molecule is CS(=O)(=O)c1c(F)cc(CC2CCCNC2)c(O)c1F. The molecule has 0 aliphatic carbocycles. The van der Waals surface area contributed by atoms with E-state index in [0.717, 1.165) is 32.0 Å². The molecule has 0 radical (unpaired) electrons. The number of piperidine rings is 1. The summed E-state index contributed by atoms with van der Waals surface area (Å²) in [7, 11) is -4.06. The third-order valence-electron chi connectivity index (χ3n) is 3.51. The van der Waals surface area contributed by atoms with Gasteiger partial charge in [0.2, 0.25) is 0 Å². The van der Waals surface area contributed by atoms with E-state index in [1.54, 1.807) is 0 Å². The fraction of sp³-hybridized carbons (Fsp3) is 0.538. The lowest BCUT2D eigenvalue weighted by Gasteiger charge is -2.23. The Morgan fingerprint density at radius 3 is 2.70 bits per heavy atom. The molecule has 2 N–H and O–H groups in total. The molecule has 1 fully saturated rings. The van der Waals surface area contributed by atoms with Gasteiger partial charge in [0.15, 0.2) is 21.4 Å². The van der Waals surface area contributed by atoms with Crippen LogP contribution in [0.2, 0.25) is 0 Å². The first-order valence-electron chi connectivity index (χ1n) is 6.41. The number of nitrogens with one attached hydrogen (secondary N) is 1. The Morgan fingerprint density at radius 2 is 2.15 bits per heavy atom. The fourth-order valence-electron chi connectivity index (χ4n) is 2.54. The molecule has 1 aromatic carbocycles. The van der Waals surface area contributed by atoms with E-state index in [4.69, 9.17) is 0 Å². The molecule has 0 saturated carbocycles. The normalized spacial score (nSPS) is 20.1. The Labute approximate surface area is 116 Å². The van der Waals surface area contributed by atoms with Crippen molar-refractivity contribution in [2.75, 3.05) is 19.3 Å². The first-order chi connectivity index (χ1) is 9.30. The molecule has 0 aromatic heterocycles. The van der Waals surface area contributed by atoms with Gasteiger partial charge in [0.25, 0.3) is 0 Å². The van der Waals surface area contributed by atoms with Gasteiger partial charge in [-0.15, -0.1) is 0 Å². The third-order valence-corrected chi connectivity index (χ3v) is 4.62. The summed E-state index contributed by atoms with van der Waals surface area (Å²) in [4.78, 5) is -1.07. The van der Waals surface area contributed by atoms with Gasteiger partial charge in [0, 0.05) is 11.8 Å². The first-order valence-corrected chi connectivity index (χ1v) is 8.30. The summed E-state index contributed by atoms with van der Waals surface area (Å²) >= 11 is 0. The zero-order valence-electron chi connectivity index (χ0n) is 11.1. The van der Waals surface area contributed by atoms with E-state index < -0.39 is 32.1 Å². The summed E-state index contributed by atoms with van der Waals surface area (Å²) in [5.74, 6) is -3.14. The van der Waals surface area contributed by atoms with Crippen LogP contribution in [0.4, 0.5) is 8.78 Å². The largest absolute Gasteiger partial charge is 0.505 e. The summed E-state index contributed by atoms with van der Waals surface area (Å²) in [6, 6.07) is 0.920. The van der Waals surface area contributed by atoms with Crippen LogP contribution in [0, 0.1) is 17.6 Å². The molecule has 1 unspecified atom stereocenters. The molecule has 112 valence electrons. The number of rotatable bonds is 3. The van der Waals surface area contributed by atoms with Crippen molar-refractivity contribution in [3.05, 3.63) is 23.3 Å². The quantitative estimate of drug-likeness (QED) is 0.890. The summed E-state index contributed by atoms with van der Waals surface area (Å²) in [6.45, 7) is 1.63. The van der Waals surface area contributed by atoms with Crippen molar-refractivity contribution in [1.82, 2.24) is 5.32 Å². The second kappa shape index (κ2) is 5.65. The van der Waals surface area contributed by atoms with Crippen LogP contribution in [0.3, 0.4) is 0 Å². The first kappa shape index (κ1) is 15.2. The van der Waals surface area contributed by atoms with Gasteiger partial charge in [-0.05, 0) is 44.3 Å². The van der Waals surface area contributed by atoms with Crippen LogP contribution in [-0.2, 0) is 16.3 Å².